The zero-order valence-electron chi connectivity index (χ0n) is 14.1. The third-order valence-electron chi connectivity index (χ3n) is 3.70. The Morgan fingerprint density at radius 2 is 1.88 bits per heavy atom. The molecule has 25 heavy (non-hydrogen) atoms. The molecule has 0 aliphatic carbocycles. The number of hydrogen-bond acceptors (Lipinski definition) is 5. The van der Waals surface area contributed by atoms with Crippen LogP contribution in [0.25, 0.3) is 0 Å². The molecule has 3 aromatic rings. The third kappa shape index (κ3) is 4.70. The molecule has 0 radical (unpaired) electrons. The summed E-state index contributed by atoms with van der Waals surface area (Å²) in [7, 11) is 0. The number of rotatable bonds is 6. The summed E-state index contributed by atoms with van der Waals surface area (Å²) < 4.78 is 5.09. The second kappa shape index (κ2) is 7.98. The summed E-state index contributed by atoms with van der Waals surface area (Å²) in [5, 5.41) is 6.78. The third-order valence-corrected chi connectivity index (χ3v) is 4.69. The second-order valence-electron chi connectivity index (χ2n) is 5.65. The van der Waals surface area contributed by atoms with E-state index in [-0.39, 0.29) is 11.9 Å². The summed E-state index contributed by atoms with van der Waals surface area (Å²) in [6.07, 6.45) is 0. The fraction of sp³-hybridized carbons (Fsp3) is 0.211. The molecule has 1 atom stereocenters. The van der Waals surface area contributed by atoms with Crippen LogP contribution in [0.2, 0.25) is 0 Å². The van der Waals surface area contributed by atoms with E-state index in [4.69, 9.17) is 4.52 Å². The van der Waals surface area contributed by atoms with Crippen molar-refractivity contribution >= 4 is 17.7 Å². The van der Waals surface area contributed by atoms with Crippen molar-refractivity contribution in [3.05, 3.63) is 77.4 Å². The number of nitrogens with one attached hydrogen (secondary N) is 1. The highest BCUT2D eigenvalue weighted by atomic mass is 32.2. The summed E-state index contributed by atoms with van der Waals surface area (Å²) in [6, 6.07) is 17.4. The largest absolute Gasteiger partial charge is 0.346 e. The maximum Gasteiger partial charge on any atom is 0.251 e. The Balaban J connectivity index is 1.57. The van der Waals surface area contributed by atoms with E-state index in [9.17, 15) is 4.79 Å². The van der Waals surface area contributed by atoms with E-state index in [1.807, 2.05) is 61.5 Å². The number of aryl methyl sites for hydroxylation is 1. The first-order valence-electron chi connectivity index (χ1n) is 7.99. The van der Waals surface area contributed by atoms with Crippen LogP contribution in [0.3, 0.4) is 0 Å². The first kappa shape index (κ1) is 17.2. The molecule has 1 amide bonds. The van der Waals surface area contributed by atoms with Gasteiger partial charge in [-0.25, -0.2) is 0 Å². The lowest BCUT2D eigenvalue weighted by molar-refractivity contribution is 0.0940. The van der Waals surface area contributed by atoms with Gasteiger partial charge in [-0.15, -0.1) is 11.8 Å². The minimum atomic E-state index is -0.0829. The Hall–Kier alpha value is -2.60. The molecule has 0 aliphatic rings. The molecule has 6 heteroatoms. The SMILES string of the molecule is Cc1noc(CSc2ccc(C(=O)N[C@@H](C)c3ccccc3)cc2)n1. The first-order chi connectivity index (χ1) is 12.1. The Morgan fingerprint density at radius 1 is 1.16 bits per heavy atom. The fourth-order valence-corrected chi connectivity index (χ4v) is 3.09. The van der Waals surface area contributed by atoms with Crippen molar-refractivity contribution in [1.29, 1.82) is 0 Å². The van der Waals surface area contributed by atoms with Crippen molar-refractivity contribution in [2.45, 2.75) is 30.5 Å². The van der Waals surface area contributed by atoms with Gasteiger partial charge >= 0.3 is 0 Å². The van der Waals surface area contributed by atoms with E-state index in [2.05, 4.69) is 15.5 Å². The lowest BCUT2D eigenvalue weighted by Gasteiger charge is -2.14. The van der Waals surface area contributed by atoms with Crippen molar-refractivity contribution in [3.8, 4) is 0 Å². The molecule has 0 spiro atoms. The number of amides is 1. The molecule has 1 N–H and O–H groups in total. The van der Waals surface area contributed by atoms with Crippen molar-refractivity contribution in [2.75, 3.05) is 0 Å². The Kier molecular flexibility index (Phi) is 5.50. The highest BCUT2D eigenvalue weighted by molar-refractivity contribution is 7.98. The standard InChI is InChI=1S/C19H19N3O2S/c1-13(15-6-4-3-5-7-15)20-19(23)16-8-10-17(11-9-16)25-12-18-21-14(2)22-24-18/h3-11,13H,12H2,1-2H3,(H,20,23)/t13-/m0/s1. The molecule has 0 saturated heterocycles. The molecule has 0 bridgehead atoms. The fourth-order valence-electron chi connectivity index (χ4n) is 2.35. The first-order valence-corrected chi connectivity index (χ1v) is 8.98. The van der Waals surface area contributed by atoms with Gasteiger partial charge in [0.05, 0.1) is 11.8 Å². The van der Waals surface area contributed by atoms with Crippen LogP contribution >= 0.6 is 11.8 Å². The monoisotopic (exact) mass is 353 g/mol. The molecule has 2 aromatic carbocycles. The topological polar surface area (TPSA) is 68.0 Å². The number of nitrogens with zero attached hydrogens (tertiary/aromatic N) is 2. The van der Waals surface area contributed by atoms with E-state index in [1.54, 1.807) is 18.7 Å². The van der Waals surface area contributed by atoms with Crippen molar-refractivity contribution in [3.63, 3.8) is 0 Å². The minimum absolute atomic E-state index is 0.0384. The van der Waals surface area contributed by atoms with Gasteiger partial charge in [-0.3, -0.25) is 4.79 Å². The molecule has 5 nitrogen and oxygen atoms in total. The molecule has 0 fully saturated rings. The van der Waals surface area contributed by atoms with Crippen molar-refractivity contribution < 1.29 is 9.32 Å². The van der Waals surface area contributed by atoms with Crippen LogP contribution in [0.15, 0.2) is 64.0 Å². The van der Waals surface area contributed by atoms with Crippen LogP contribution in [-0.2, 0) is 5.75 Å². The van der Waals surface area contributed by atoms with Crippen molar-refractivity contribution in [2.24, 2.45) is 0 Å². The molecule has 3 rings (SSSR count). The van der Waals surface area contributed by atoms with E-state index in [0.717, 1.165) is 10.5 Å². The molecular formula is C19H19N3O2S. The molecule has 128 valence electrons. The summed E-state index contributed by atoms with van der Waals surface area (Å²) in [5.74, 6) is 1.76. The predicted octanol–water partition coefficient (Wildman–Crippen LogP) is 4.16. The normalized spacial score (nSPS) is 11.9. The number of thioether (sulfide) groups is 1. The van der Waals surface area contributed by atoms with Gasteiger partial charge in [0.1, 0.15) is 0 Å². The summed E-state index contributed by atoms with van der Waals surface area (Å²) >= 11 is 1.59. The zero-order chi connectivity index (χ0) is 17.6. The van der Waals surface area contributed by atoms with Crippen LogP contribution in [0.5, 0.6) is 0 Å². The van der Waals surface area contributed by atoms with Crippen LogP contribution in [0, 0.1) is 6.92 Å². The predicted molar refractivity (Wildman–Crippen MR) is 97.4 cm³/mol. The van der Waals surface area contributed by atoms with Crippen LogP contribution in [0.1, 0.15) is 40.6 Å². The number of benzene rings is 2. The van der Waals surface area contributed by atoms with Gasteiger partial charge in [0, 0.05) is 10.5 Å². The summed E-state index contributed by atoms with van der Waals surface area (Å²) in [5.41, 5.74) is 1.72. The van der Waals surface area contributed by atoms with Gasteiger partial charge in [-0.2, -0.15) is 4.98 Å². The number of aromatic nitrogens is 2. The Morgan fingerprint density at radius 3 is 2.52 bits per heavy atom. The average Bonchev–Trinajstić information content (AvgIpc) is 3.06. The quantitative estimate of drug-likeness (QED) is 0.674. The zero-order valence-corrected chi connectivity index (χ0v) is 14.9. The van der Waals surface area contributed by atoms with E-state index in [0.29, 0.717) is 23.0 Å². The number of hydrogen-bond donors (Lipinski definition) is 1. The van der Waals surface area contributed by atoms with Crippen molar-refractivity contribution in [1.82, 2.24) is 15.5 Å². The summed E-state index contributed by atoms with van der Waals surface area (Å²) in [6.45, 7) is 3.77. The maximum absolute atomic E-state index is 12.4. The van der Waals surface area contributed by atoms with E-state index < -0.39 is 0 Å². The minimum Gasteiger partial charge on any atom is -0.346 e. The Labute approximate surface area is 150 Å². The lowest BCUT2D eigenvalue weighted by Crippen LogP contribution is -2.26. The highest BCUT2D eigenvalue weighted by Crippen LogP contribution is 2.22. The van der Waals surface area contributed by atoms with E-state index in [1.165, 1.54) is 0 Å². The van der Waals surface area contributed by atoms with Gasteiger partial charge in [-0.05, 0) is 43.7 Å². The van der Waals surface area contributed by atoms with Gasteiger partial charge in [-0.1, -0.05) is 35.5 Å². The van der Waals surface area contributed by atoms with E-state index >= 15 is 0 Å². The molecular weight excluding hydrogens is 334 g/mol. The smallest absolute Gasteiger partial charge is 0.251 e. The molecule has 1 aromatic heterocycles. The van der Waals surface area contributed by atoms with Crippen LogP contribution < -0.4 is 5.32 Å². The molecule has 1 heterocycles. The van der Waals surface area contributed by atoms with Gasteiger partial charge in [0.25, 0.3) is 5.91 Å². The summed E-state index contributed by atoms with van der Waals surface area (Å²) in [4.78, 5) is 17.6. The molecule has 0 aliphatic heterocycles. The number of carbonyl (C=O) groups excluding carboxylic acids is 1. The van der Waals surface area contributed by atoms with Crippen LogP contribution in [-0.4, -0.2) is 16.0 Å². The lowest BCUT2D eigenvalue weighted by atomic mass is 10.1. The second-order valence-corrected chi connectivity index (χ2v) is 6.70. The highest BCUT2D eigenvalue weighted by Gasteiger charge is 2.11. The molecule has 0 saturated carbocycles. The Bertz CT molecular complexity index is 831. The van der Waals surface area contributed by atoms with Gasteiger partial charge in [0.15, 0.2) is 5.82 Å². The average molecular weight is 353 g/mol. The van der Waals surface area contributed by atoms with Gasteiger partial charge in [0.2, 0.25) is 5.89 Å². The maximum atomic E-state index is 12.4. The van der Waals surface area contributed by atoms with Gasteiger partial charge < -0.3 is 9.84 Å². The van der Waals surface area contributed by atoms with Crippen LogP contribution in [0.4, 0.5) is 0 Å². The number of carbonyl (C=O) groups is 1. The molecule has 0 unspecified atom stereocenters.